The monoisotopic (exact) mass is 357 g/mol. The molecule has 1 aromatic carbocycles. The summed E-state index contributed by atoms with van der Waals surface area (Å²) in [5.74, 6) is -0.213. The Labute approximate surface area is 150 Å². The third-order valence-electron chi connectivity index (χ3n) is 3.92. The number of benzene rings is 1. The van der Waals surface area contributed by atoms with Gasteiger partial charge >= 0.3 is 0 Å². The number of rotatable bonds is 3. The molecule has 1 fully saturated rings. The molecular formula is C18H16ClN3OS. The Balaban J connectivity index is 1.66. The van der Waals surface area contributed by atoms with Gasteiger partial charge in [-0.2, -0.15) is 5.26 Å². The van der Waals surface area contributed by atoms with Crippen LogP contribution >= 0.6 is 22.9 Å². The third kappa shape index (κ3) is 3.78. The number of carbonyl (C=O) groups is 1. The first-order chi connectivity index (χ1) is 11.7. The maximum absolute atomic E-state index is 12.6. The van der Waals surface area contributed by atoms with Crippen molar-refractivity contribution in [3.8, 4) is 6.07 Å². The van der Waals surface area contributed by atoms with Gasteiger partial charge < -0.3 is 9.80 Å². The zero-order chi connectivity index (χ0) is 16.9. The van der Waals surface area contributed by atoms with Crippen LogP contribution in [0.15, 0.2) is 48.0 Å². The van der Waals surface area contributed by atoms with Crippen LogP contribution in [0.5, 0.6) is 0 Å². The molecule has 0 aliphatic carbocycles. The number of halogens is 1. The van der Waals surface area contributed by atoms with Crippen LogP contribution < -0.4 is 4.90 Å². The van der Waals surface area contributed by atoms with Crippen LogP contribution in [0.3, 0.4) is 0 Å². The van der Waals surface area contributed by atoms with Crippen molar-refractivity contribution in [1.82, 2.24) is 4.90 Å². The van der Waals surface area contributed by atoms with E-state index in [1.165, 1.54) is 11.3 Å². The van der Waals surface area contributed by atoms with Crippen LogP contribution in [0.4, 0.5) is 5.69 Å². The first-order valence-electron chi connectivity index (χ1n) is 7.64. The summed E-state index contributed by atoms with van der Waals surface area (Å²) in [5, 5.41) is 9.32. The molecule has 6 heteroatoms. The number of hydrogen-bond donors (Lipinski definition) is 0. The van der Waals surface area contributed by atoms with Gasteiger partial charge in [0.2, 0.25) is 0 Å². The summed E-state index contributed by atoms with van der Waals surface area (Å²) < 4.78 is 0.641. The molecule has 122 valence electrons. The van der Waals surface area contributed by atoms with Crippen molar-refractivity contribution >= 4 is 40.6 Å². The van der Waals surface area contributed by atoms with Crippen LogP contribution in [-0.2, 0) is 4.79 Å². The molecule has 3 rings (SSSR count). The Kier molecular flexibility index (Phi) is 5.19. The maximum Gasteiger partial charge on any atom is 0.264 e. The average Bonchev–Trinajstić information content (AvgIpc) is 3.05. The van der Waals surface area contributed by atoms with Gasteiger partial charge in [-0.25, -0.2) is 0 Å². The van der Waals surface area contributed by atoms with Crippen LogP contribution in [0.1, 0.15) is 4.88 Å². The number of amides is 1. The Morgan fingerprint density at radius 3 is 2.42 bits per heavy atom. The lowest BCUT2D eigenvalue weighted by atomic mass is 10.2. The molecule has 0 radical (unpaired) electrons. The molecule has 1 saturated heterocycles. The molecular weight excluding hydrogens is 342 g/mol. The van der Waals surface area contributed by atoms with E-state index in [0.717, 1.165) is 23.7 Å². The number of anilines is 1. The number of para-hydroxylation sites is 1. The standard InChI is InChI=1S/C18H16ClN3OS/c19-17-7-6-16(24-17)12-14(13-20)18(23)22-10-8-21(9-11-22)15-4-2-1-3-5-15/h1-7,12H,8-11H2/b14-12+. The highest BCUT2D eigenvalue weighted by Crippen LogP contribution is 2.24. The zero-order valence-electron chi connectivity index (χ0n) is 13.0. The van der Waals surface area contributed by atoms with Gasteiger partial charge in [0.25, 0.3) is 5.91 Å². The van der Waals surface area contributed by atoms with Gasteiger partial charge in [0.1, 0.15) is 11.6 Å². The van der Waals surface area contributed by atoms with Gasteiger partial charge in [0.15, 0.2) is 0 Å². The van der Waals surface area contributed by atoms with Gasteiger partial charge in [-0.1, -0.05) is 29.8 Å². The van der Waals surface area contributed by atoms with Crippen molar-refractivity contribution in [3.05, 3.63) is 57.3 Å². The van der Waals surface area contributed by atoms with Gasteiger partial charge in [-0.15, -0.1) is 11.3 Å². The average molecular weight is 358 g/mol. The zero-order valence-corrected chi connectivity index (χ0v) is 14.6. The summed E-state index contributed by atoms with van der Waals surface area (Å²) in [5.41, 5.74) is 1.32. The number of thiophene rings is 1. The molecule has 1 aromatic heterocycles. The van der Waals surface area contributed by atoms with E-state index in [1.807, 2.05) is 30.3 Å². The largest absolute Gasteiger partial charge is 0.368 e. The molecule has 0 unspecified atom stereocenters. The number of nitrogens with zero attached hydrogens (tertiary/aromatic N) is 3. The first kappa shape index (κ1) is 16.6. The second kappa shape index (κ2) is 7.52. The van der Waals surface area contributed by atoms with Gasteiger partial charge in [-0.05, 0) is 30.3 Å². The summed E-state index contributed by atoms with van der Waals surface area (Å²) >= 11 is 7.25. The summed E-state index contributed by atoms with van der Waals surface area (Å²) in [4.78, 5) is 17.4. The minimum atomic E-state index is -0.213. The Morgan fingerprint density at radius 1 is 1.12 bits per heavy atom. The number of hydrogen-bond acceptors (Lipinski definition) is 4. The van der Waals surface area contributed by atoms with E-state index in [9.17, 15) is 10.1 Å². The molecule has 4 nitrogen and oxygen atoms in total. The molecule has 1 aliphatic rings. The molecule has 0 atom stereocenters. The second-order valence-electron chi connectivity index (χ2n) is 5.43. The topological polar surface area (TPSA) is 47.3 Å². The Morgan fingerprint density at radius 2 is 1.83 bits per heavy atom. The smallest absolute Gasteiger partial charge is 0.264 e. The number of nitriles is 1. The fraction of sp³-hybridized carbons (Fsp3) is 0.222. The number of piperazine rings is 1. The van der Waals surface area contributed by atoms with Gasteiger partial charge in [-0.3, -0.25) is 4.79 Å². The van der Waals surface area contributed by atoms with E-state index >= 15 is 0 Å². The summed E-state index contributed by atoms with van der Waals surface area (Å²) in [6.07, 6.45) is 1.61. The molecule has 1 aliphatic heterocycles. The molecule has 24 heavy (non-hydrogen) atoms. The predicted molar refractivity (Wildman–Crippen MR) is 98.2 cm³/mol. The molecule has 0 bridgehead atoms. The SMILES string of the molecule is N#C/C(=C\c1ccc(Cl)s1)C(=O)N1CCN(c2ccccc2)CC1. The lowest BCUT2D eigenvalue weighted by molar-refractivity contribution is -0.126. The lowest BCUT2D eigenvalue weighted by Crippen LogP contribution is -2.49. The minimum absolute atomic E-state index is 0.154. The normalized spacial score (nSPS) is 15.2. The van der Waals surface area contributed by atoms with E-state index in [0.29, 0.717) is 17.4 Å². The quantitative estimate of drug-likeness (QED) is 0.622. The fourth-order valence-electron chi connectivity index (χ4n) is 2.67. The van der Waals surface area contributed by atoms with Crippen molar-refractivity contribution in [1.29, 1.82) is 5.26 Å². The van der Waals surface area contributed by atoms with Crippen molar-refractivity contribution in [3.63, 3.8) is 0 Å². The predicted octanol–water partition coefficient (Wildman–Crippen LogP) is 3.66. The molecule has 0 saturated carbocycles. The van der Waals surface area contributed by atoms with Gasteiger partial charge in [0, 0.05) is 36.7 Å². The maximum atomic E-state index is 12.6. The highest BCUT2D eigenvalue weighted by Gasteiger charge is 2.23. The third-order valence-corrected chi connectivity index (χ3v) is 5.10. The van der Waals surface area contributed by atoms with E-state index < -0.39 is 0 Å². The lowest BCUT2D eigenvalue weighted by Gasteiger charge is -2.36. The van der Waals surface area contributed by atoms with Crippen LogP contribution in [0, 0.1) is 11.3 Å². The van der Waals surface area contributed by atoms with Crippen molar-refractivity contribution < 1.29 is 4.79 Å². The highest BCUT2D eigenvalue weighted by molar-refractivity contribution is 7.17. The fourth-order valence-corrected chi connectivity index (χ4v) is 3.67. The van der Waals surface area contributed by atoms with E-state index in [4.69, 9.17) is 11.6 Å². The summed E-state index contributed by atoms with van der Waals surface area (Å²) in [6.45, 7) is 2.74. The molecule has 1 amide bonds. The van der Waals surface area contributed by atoms with Crippen molar-refractivity contribution in [2.24, 2.45) is 0 Å². The van der Waals surface area contributed by atoms with E-state index in [-0.39, 0.29) is 11.5 Å². The molecule has 2 aromatic rings. The molecule has 2 heterocycles. The van der Waals surface area contributed by atoms with Crippen molar-refractivity contribution in [2.75, 3.05) is 31.1 Å². The van der Waals surface area contributed by atoms with Crippen LogP contribution in [0.2, 0.25) is 4.34 Å². The Hall–Kier alpha value is -2.29. The minimum Gasteiger partial charge on any atom is -0.368 e. The van der Waals surface area contributed by atoms with Crippen molar-refractivity contribution in [2.45, 2.75) is 0 Å². The van der Waals surface area contributed by atoms with Crippen LogP contribution in [-0.4, -0.2) is 37.0 Å². The summed E-state index contributed by atoms with van der Waals surface area (Å²) in [6, 6.07) is 15.7. The van der Waals surface area contributed by atoms with Gasteiger partial charge in [0.05, 0.1) is 4.34 Å². The molecule has 0 N–H and O–H groups in total. The van der Waals surface area contributed by atoms with Crippen LogP contribution in [0.25, 0.3) is 6.08 Å². The second-order valence-corrected chi connectivity index (χ2v) is 7.17. The summed E-state index contributed by atoms with van der Waals surface area (Å²) in [7, 11) is 0. The Bertz CT molecular complexity index is 786. The number of carbonyl (C=O) groups excluding carboxylic acids is 1. The van der Waals surface area contributed by atoms with E-state index in [1.54, 1.807) is 17.0 Å². The highest BCUT2D eigenvalue weighted by atomic mass is 35.5. The van der Waals surface area contributed by atoms with E-state index in [2.05, 4.69) is 17.0 Å². The molecule has 0 spiro atoms. The first-order valence-corrected chi connectivity index (χ1v) is 8.83.